The third-order valence-electron chi connectivity index (χ3n) is 6.23. The molecule has 4 nitrogen and oxygen atoms in total. The van der Waals surface area contributed by atoms with Crippen molar-refractivity contribution < 1.29 is 9.84 Å². The van der Waals surface area contributed by atoms with Crippen LogP contribution < -0.4 is 10.1 Å². The van der Waals surface area contributed by atoms with E-state index in [0.717, 1.165) is 35.7 Å². The molecule has 2 aliphatic heterocycles. The number of hydrogen-bond acceptors (Lipinski definition) is 4. The number of piperidine rings is 1. The van der Waals surface area contributed by atoms with Crippen LogP contribution in [0.3, 0.4) is 0 Å². The van der Waals surface area contributed by atoms with Gasteiger partial charge in [-0.3, -0.25) is 0 Å². The quantitative estimate of drug-likeness (QED) is 0.838. The van der Waals surface area contributed by atoms with E-state index >= 15 is 0 Å². The highest BCUT2D eigenvalue weighted by molar-refractivity contribution is 5.46. The molecule has 0 radical (unpaired) electrons. The fourth-order valence-corrected chi connectivity index (χ4v) is 4.79. The van der Waals surface area contributed by atoms with Crippen LogP contribution in [0.25, 0.3) is 0 Å². The van der Waals surface area contributed by atoms with Crippen molar-refractivity contribution in [3.8, 4) is 5.75 Å². The Bertz CT molecular complexity index is 761. The van der Waals surface area contributed by atoms with E-state index in [1.165, 1.54) is 13.0 Å². The molecule has 0 spiro atoms. The molecule has 2 heterocycles. The summed E-state index contributed by atoms with van der Waals surface area (Å²) in [5.41, 5.74) is 2.33. The molecule has 4 atom stereocenters. The minimum absolute atomic E-state index is 0.267. The molecule has 0 aliphatic carbocycles. The number of rotatable bonds is 6. The first-order chi connectivity index (χ1) is 12.6. The number of methoxy groups -OCH3 is 1. The molecule has 2 aliphatic rings. The Morgan fingerprint density at radius 3 is 2.62 bits per heavy atom. The third kappa shape index (κ3) is 3.08. The molecular formula is C22H28N2O2. The van der Waals surface area contributed by atoms with Crippen molar-refractivity contribution in [3.63, 3.8) is 0 Å². The van der Waals surface area contributed by atoms with Gasteiger partial charge in [-0.15, -0.1) is 0 Å². The largest absolute Gasteiger partial charge is 0.497 e. The third-order valence-corrected chi connectivity index (χ3v) is 6.23. The Hall–Kier alpha value is -2.04. The first-order valence-electron chi connectivity index (χ1n) is 9.48. The smallest absolute Gasteiger partial charge is 0.119 e. The Balaban J connectivity index is 1.70. The predicted molar refractivity (Wildman–Crippen MR) is 105 cm³/mol. The van der Waals surface area contributed by atoms with Gasteiger partial charge in [0.15, 0.2) is 0 Å². The summed E-state index contributed by atoms with van der Waals surface area (Å²) in [5.74, 6) is 1.68. The van der Waals surface area contributed by atoms with Crippen LogP contribution in [0.2, 0.25) is 0 Å². The van der Waals surface area contributed by atoms with Crippen LogP contribution in [0, 0.1) is 11.8 Å². The lowest BCUT2D eigenvalue weighted by atomic mass is 9.71. The fourth-order valence-electron chi connectivity index (χ4n) is 4.79. The number of anilines is 1. The van der Waals surface area contributed by atoms with Gasteiger partial charge in [0.25, 0.3) is 0 Å². The number of nitrogens with one attached hydrogen (secondary N) is 1. The van der Waals surface area contributed by atoms with Gasteiger partial charge in [-0.05, 0) is 54.3 Å². The van der Waals surface area contributed by atoms with Crippen molar-refractivity contribution in [3.05, 3.63) is 59.7 Å². The number of nitrogens with zero attached hydrogens (tertiary/aromatic N) is 1. The summed E-state index contributed by atoms with van der Waals surface area (Å²) in [6.45, 7) is 3.29. The van der Waals surface area contributed by atoms with Crippen LogP contribution >= 0.6 is 0 Å². The van der Waals surface area contributed by atoms with Gasteiger partial charge in [-0.2, -0.15) is 0 Å². The predicted octanol–water partition coefficient (Wildman–Crippen LogP) is 3.12. The zero-order chi connectivity index (χ0) is 18.1. The minimum Gasteiger partial charge on any atom is -0.497 e. The van der Waals surface area contributed by atoms with Gasteiger partial charge in [0.05, 0.1) is 12.7 Å². The molecule has 138 valence electrons. The molecule has 0 amide bonds. The first kappa shape index (κ1) is 17.4. The average molecular weight is 352 g/mol. The van der Waals surface area contributed by atoms with Gasteiger partial charge < -0.3 is 20.1 Å². The van der Waals surface area contributed by atoms with Crippen molar-refractivity contribution in [1.29, 1.82) is 0 Å². The van der Waals surface area contributed by atoms with E-state index in [0.29, 0.717) is 12.3 Å². The Kier molecular flexibility index (Phi) is 4.63. The van der Waals surface area contributed by atoms with Crippen LogP contribution in [-0.2, 0) is 12.0 Å². The van der Waals surface area contributed by atoms with Crippen LogP contribution in [0.15, 0.2) is 48.5 Å². The Morgan fingerprint density at radius 1 is 1.19 bits per heavy atom. The summed E-state index contributed by atoms with van der Waals surface area (Å²) in [6.07, 6.45) is 1.80. The van der Waals surface area contributed by atoms with Gasteiger partial charge in [-0.1, -0.05) is 24.3 Å². The van der Waals surface area contributed by atoms with Gasteiger partial charge in [0.2, 0.25) is 0 Å². The van der Waals surface area contributed by atoms with Crippen molar-refractivity contribution in [2.75, 3.05) is 39.1 Å². The number of hydrogen-bond donors (Lipinski definition) is 2. The van der Waals surface area contributed by atoms with E-state index < -0.39 is 5.60 Å². The minimum atomic E-state index is -0.863. The van der Waals surface area contributed by atoms with Crippen molar-refractivity contribution in [2.24, 2.45) is 11.8 Å². The van der Waals surface area contributed by atoms with Crippen LogP contribution in [0.5, 0.6) is 5.75 Å². The molecule has 2 N–H and O–H groups in total. The highest BCUT2D eigenvalue weighted by atomic mass is 16.5. The van der Waals surface area contributed by atoms with Crippen LogP contribution in [0.4, 0.5) is 5.69 Å². The topological polar surface area (TPSA) is 44.7 Å². The fraction of sp³-hybridized carbons (Fsp3) is 0.455. The SMILES string of the molecule is CNc1ccc(C(O)(Cc2cccc(OC)c2)C2CN3CCC2C3)cc1. The maximum atomic E-state index is 12.0. The van der Waals surface area contributed by atoms with Crippen molar-refractivity contribution in [1.82, 2.24) is 4.90 Å². The normalized spacial score (nSPS) is 26.5. The number of ether oxygens (including phenoxy) is 1. The monoisotopic (exact) mass is 352 g/mol. The second-order valence-electron chi connectivity index (χ2n) is 7.69. The summed E-state index contributed by atoms with van der Waals surface area (Å²) >= 11 is 0. The molecule has 26 heavy (non-hydrogen) atoms. The molecule has 4 rings (SSSR count). The van der Waals surface area contributed by atoms with E-state index in [1.807, 2.05) is 25.2 Å². The van der Waals surface area contributed by atoms with Gasteiger partial charge in [-0.25, -0.2) is 0 Å². The molecule has 2 aromatic rings. The molecule has 4 heteroatoms. The molecule has 0 aromatic heterocycles. The number of benzene rings is 2. The summed E-state index contributed by atoms with van der Waals surface area (Å²) in [7, 11) is 3.60. The molecular weight excluding hydrogens is 324 g/mol. The standard InChI is InChI=1S/C22H28N2O2/c1-23-19-8-6-18(7-9-19)22(25,21-15-24-11-10-17(21)14-24)13-16-4-3-5-20(12-16)26-2/h3-9,12,17,21,23,25H,10-11,13-15H2,1-2H3. The van der Waals surface area contributed by atoms with Crippen LogP contribution in [0.1, 0.15) is 17.5 Å². The van der Waals surface area contributed by atoms with Crippen molar-refractivity contribution >= 4 is 5.69 Å². The van der Waals surface area contributed by atoms with Gasteiger partial charge >= 0.3 is 0 Å². The van der Waals surface area contributed by atoms with E-state index in [9.17, 15) is 5.11 Å². The van der Waals surface area contributed by atoms with Gasteiger partial charge in [0.1, 0.15) is 5.75 Å². The lowest BCUT2D eigenvalue weighted by Gasteiger charge is -2.39. The number of aliphatic hydroxyl groups is 1. The molecule has 2 saturated heterocycles. The summed E-state index contributed by atoms with van der Waals surface area (Å²) in [5, 5.41) is 15.2. The van der Waals surface area contributed by atoms with E-state index in [-0.39, 0.29) is 5.92 Å². The molecule has 0 saturated carbocycles. The maximum absolute atomic E-state index is 12.0. The van der Waals surface area contributed by atoms with Crippen molar-refractivity contribution in [2.45, 2.75) is 18.4 Å². The molecule has 4 unspecified atom stereocenters. The summed E-state index contributed by atoms with van der Waals surface area (Å²) < 4.78 is 5.38. The van der Waals surface area contributed by atoms with E-state index in [1.54, 1.807) is 7.11 Å². The van der Waals surface area contributed by atoms with E-state index in [4.69, 9.17) is 4.74 Å². The Labute approximate surface area is 155 Å². The zero-order valence-electron chi connectivity index (χ0n) is 15.6. The lowest BCUT2D eigenvalue weighted by Crippen LogP contribution is -2.43. The first-order valence-corrected chi connectivity index (χ1v) is 9.48. The molecule has 2 aromatic carbocycles. The zero-order valence-corrected chi connectivity index (χ0v) is 15.6. The number of fused-ring (bicyclic) bond motifs is 2. The summed E-state index contributed by atoms with van der Waals surface area (Å²) in [4.78, 5) is 2.49. The summed E-state index contributed by atoms with van der Waals surface area (Å²) in [6, 6.07) is 16.3. The Morgan fingerprint density at radius 2 is 2.00 bits per heavy atom. The highest BCUT2D eigenvalue weighted by Crippen LogP contribution is 2.46. The van der Waals surface area contributed by atoms with Gasteiger partial charge in [0, 0.05) is 38.2 Å². The highest BCUT2D eigenvalue weighted by Gasteiger charge is 2.50. The molecule has 2 bridgehead atoms. The second-order valence-corrected chi connectivity index (χ2v) is 7.69. The molecule has 2 fully saturated rings. The average Bonchev–Trinajstić information content (AvgIpc) is 3.32. The maximum Gasteiger partial charge on any atom is 0.119 e. The van der Waals surface area contributed by atoms with E-state index in [2.05, 4.69) is 40.5 Å². The van der Waals surface area contributed by atoms with Crippen LogP contribution in [-0.4, -0.2) is 43.8 Å². The lowest BCUT2D eigenvalue weighted by molar-refractivity contribution is -0.0423. The second kappa shape index (κ2) is 6.93.